The van der Waals surface area contributed by atoms with E-state index in [1.807, 2.05) is 14.0 Å². The number of piperidine rings is 1. The van der Waals surface area contributed by atoms with E-state index >= 15 is 0 Å². The summed E-state index contributed by atoms with van der Waals surface area (Å²) in [7, 11) is 2.02. The molecule has 3 aliphatic rings. The van der Waals surface area contributed by atoms with Crippen molar-refractivity contribution in [2.75, 3.05) is 13.6 Å². The zero-order chi connectivity index (χ0) is 15.9. The molecule has 22 heavy (non-hydrogen) atoms. The highest BCUT2D eigenvalue weighted by molar-refractivity contribution is 6.16. The molecule has 0 amide bonds. The SMILES string of the molecule is C#C[C@@]1(C)C[C@H](O)[C@@H](C)CN1C.c1ccc2c3ccc-3c2c1. The Morgan fingerprint density at radius 3 is 2.18 bits per heavy atom. The number of terminal acetylenes is 1. The van der Waals surface area contributed by atoms with Gasteiger partial charge in [0.15, 0.2) is 0 Å². The lowest BCUT2D eigenvalue weighted by Crippen LogP contribution is -2.53. The van der Waals surface area contributed by atoms with Gasteiger partial charge in [-0.15, -0.1) is 6.42 Å². The second-order valence-corrected chi connectivity index (χ2v) is 6.75. The summed E-state index contributed by atoms with van der Waals surface area (Å²) in [4.78, 5) is 2.14. The fraction of sp³-hybridized carbons (Fsp3) is 0.400. The van der Waals surface area contributed by atoms with E-state index in [4.69, 9.17) is 6.42 Å². The van der Waals surface area contributed by atoms with Crippen LogP contribution in [0.1, 0.15) is 20.3 Å². The van der Waals surface area contributed by atoms with E-state index in [0.717, 1.165) is 6.54 Å². The van der Waals surface area contributed by atoms with E-state index in [-0.39, 0.29) is 11.6 Å². The molecule has 2 nitrogen and oxygen atoms in total. The summed E-state index contributed by atoms with van der Waals surface area (Å²) < 4.78 is 0. The Morgan fingerprint density at radius 2 is 1.73 bits per heavy atom. The van der Waals surface area contributed by atoms with E-state index in [2.05, 4.69) is 54.1 Å². The molecule has 0 bridgehead atoms. The maximum Gasteiger partial charge on any atom is 0.0817 e. The molecule has 2 heteroatoms. The van der Waals surface area contributed by atoms with Gasteiger partial charge in [0, 0.05) is 13.0 Å². The van der Waals surface area contributed by atoms with Gasteiger partial charge >= 0.3 is 0 Å². The van der Waals surface area contributed by atoms with Crippen molar-refractivity contribution in [3.05, 3.63) is 36.4 Å². The first-order chi connectivity index (χ1) is 10.5. The summed E-state index contributed by atoms with van der Waals surface area (Å²) in [6.07, 6.45) is 5.87. The number of hydrogen-bond acceptors (Lipinski definition) is 2. The molecule has 114 valence electrons. The molecule has 0 spiro atoms. The third-order valence-electron chi connectivity index (χ3n) is 5.19. The molecule has 1 saturated heterocycles. The number of aliphatic hydroxyl groups is 1. The van der Waals surface area contributed by atoms with Crippen LogP contribution in [0.25, 0.3) is 21.9 Å². The van der Waals surface area contributed by atoms with Crippen LogP contribution in [0.3, 0.4) is 0 Å². The molecule has 0 saturated carbocycles. The van der Waals surface area contributed by atoms with E-state index in [1.165, 1.54) is 21.9 Å². The zero-order valence-corrected chi connectivity index (χ0v) is 13.5. The molecule has 2 aliphatic carbocycles. The number of aliphatic hydroxyl groups excluding tert-OH is 1. The lowest BCUT2D eigenvalue weighted by Gasteiger charge is -2.43. The summed E-state index contributed by atoms with van der Waals surface area (Å²) in [6, 6.07) is 12.9. The highest BCUT2D eigenvalue weighted by Crippen LogP contribution is 2.44. The topological polar surface area (TPSA) is 23.5 Å². The molecule has 1 aromatic rings. The zero-order valence-electron chi connectivity index (χ0n) is 13.5. The van der Waals surface area contributed by atoms with Crippen LogP contribution in [0.2, 0.25) is 0 Å². The van der Waals surface area contributed by atoms with Gasteiger partial charge in [0.1, 0.15) is 0 Å². The molecular formula is C20H23NO. The van der Waals surface area contributed by atoms with Crippen molar-refractivity contribution in [1.29, 1.82) is 0 Å². The van der Waals surface area contributed by atoms with Gasteiger partial charge in [0.25, 0.3) is 0 Å². The van der Waals surface area contributed by atoms with Crippen LogP contribution < -0.4 is 0 Å². The summed E-state index contributed by atoms with van der Waals surface area (Å²) in [5, 5.41) is 12.5. The lowest BCUT2D eigenvalue weighted by atomic mass is 9.83. The smallest absolute Gasteiger partial charge is 0.0817 e. The van der Waals surface area contributed by atoms with Crippen LogP contribution in [-0.4, -0.2) is 35.2 Å². The van der Waals surface area contributed by atoms with E-state index < -0.39 is 0 Å². The van der Waals surface area contributed by atoms with Crippen LogP contribution in [0.4, 0.5) is 0 Å². The second-order valence-electron chi connectivity index (χ2n) is 6.75. The quantitative estimate of drug-likeness (QED) is 0.641. The first-order valence-electron chi connectivity index (χ1n) is 7.85. The fourth-order valence-electron chi connectivity index (χ4n) is 3.30. The largest absolute Gasteiger partial charge is 0.393 e. The summed E-state index contributed by atoms with van der Waals surface area (Å²) in [5.41, 5.74) is 2.65. The Kier molecular flexibility index (Phi) is 3.72. The van der Waals surface area contributed by atoms with Gasteiger partial charge in [-0.2, -0.15) is 0 Å². The van der Waals surface area contributed by atoms with E-state index in [1.54, 1.807) is 0 Å². The van der Waals surface area contributed by atoms with Gasteiger partial charge in [-0.3, -0.25) is 4.90 Å². The average Bonchev–Trinajstić information content (AvgIpc) is 2.47. The number of benzene rings is 2. The van der Waals surface area contributed by atoms with Crippen molar-refractivity contribution in [2.45, 2.75) is 31.9 Å². The Morgan fingerprint density at radius 1 is 1.18 bits per heavy atom. The number of hydrogen-bond donors (Lipinski definition) is 1. The molecule has 0 unspecified atom stereocenters. The summed E-state index contributed by atoms with van der Waals surface area (Å²) in [5.74, 6) is 3.08. The predicted octanol–water partition coefficient (Wildman–Crippen LogP) is 3.53. The first-order valence-corrected chi connectivity index (χ1v) is 7.85. The molecule has 3 atom stereocenters. The molecule has 1 aromatic carbocycles. The number of likely N-dealkylation sites (tertiary alicyclic amines) is 1. The van der Waals surface area contributed by atoms with Gasteiger partial charge in [-0.1, -0.05) is 49.2 Å². The Labute approximate surface area is 132 Å². The number of rotatable bonds is 0. The standard InChI is InChI=1S/C10H17NO.C10H6/c1-5-10(3)6-9(12)8(2)7-11(10)4;1-2-4-8-7(3-1)9-5-6-10(8)9/h1,8-9,12H,6-7H2,2-4H3;1-6H/t8-,9-,10-;/m0./s1. The van der Waals surface area contributed by atoms with Crippen LogP contribution in [0.5, 0.6) is 0 Å². The molecular weight excluding hydrogens is 270 g/mol. The van der Waals surface area contributed by atoms with Crippen molar-refractivity contribution >= 4 is 10.8 Å². The maximum atomic E-state index is 9.64. The lowest BCUT2D eigenvalue weighted by molar-refractivity contribution is -0.00779. The molecule has 1 heterocycles. The molecule has 0 radical (unpaired) electrons. The summed E-state index contributed by atoms with van der Waals surface area (Å²) in [6.45, 7) is 4.93. The highest BCUT2D eigenvalue weighted by Gasteiger charge is 2.37. The second kappa shape index (κ2) is 5.43. The van der Waals surface area contributed by atoms with Crippen molar-refractivity contribution in [3.8, 4) is 23.5 Å². The number of nitrogens with zero attached hydrogens (tertiary/aromatic N) is 1. The van der Waals surface area contributed by atoms with Gasteiger partial charge < -0.3 is 5.11 Å². The van der Waals surface area contributed by atoms with Crippen molar-refractivity contribution in [2.24, 2.45) is 5.92 Å². The molecule has 1 aliphatic heterocycles. The minimum absolute atomic E-state index is 0.248. The maximum absolute atomic E-state index is 9.64. The van der Waals surface area contributed by atoms with Crippen LogP contribution in [0, 0.1) is 18.3 Å². The molecule has 0 aromatic heterocycles. The predicted molar refractivity (Wildman–Crippen MR) is 92.6 cm³/mol. The van der Waals surface area contributed by atoms with Crippen molar-refractivity contribution in [1.82, 2.24) is 4.90 Å². The van der Waals surface area contributed by atoms with E-state index in [9.17, 15) is 5.11 Å². The van der Waals surface area contributed by atoms with Crippen molar-refractivity contribution < 1.29 is 5.11 Å². The minimum Gasteiger partial charge on any atom is -0.393 e. The van der Waals surface area contributed by atoms with Gasteiger partial charge in [-0.05, 0) is 41.8 Å². The van der Waals surface area contributed by atoms with E-state index in [0.29, 0.717) is 12.3 Å². The monoisotopic (exact) mass is 293 g/mol. The summed E-state index contributed by atoms with van der Waals surface area (Å²) >= 11 is 0. The number of fused-ring (bicyclic) bond motifs is 4. The first kappa shape index (κ1) is 15.1. The normalized spacial score (nSPS) is 29.4. The Balaban J connectivity index is 0.000000132. The third kappa shape index (κ3) is 2.31. The molecule has 4 rings (SSSR count). The molecule has 1 fully saturated rings. The third-order valence-corrected chi connectivity index (χ3v) is 5.19. The van der Waals surface area contributed by atoms with Crippen LogP contribution in [0.15, 0.2) is 36.4 Å². The minimum atomic E-state index is -0.258. The van der Waals surface area contributed by atoms with Gasteiger partial charge in [-0.25, -0.2) is 0 Å². The Bertz CT molecular complexity index is 704. The fourth-order valence-corrected chi connectivity index (χ4v) is 3.30. The van der Waals surface area contributed by atoms with Crippen LogP contribution in [-0.2, 0) is 0 Å². The molecule has 1 N–H and O–H groups in total. The average molecular weight is 293 g/mol. The van der Waals surface area contributed by atoms with Crippen molar-refractivity contribution in [3.63, 3.8) is 0 Å². The van der Waals surface area contributed by atoms with Gasteiger partial charge in [0.05, 0.1) is 11.6 Å². The highest BCUT2D eigenvalue weighted by atomic mass is 16.3. The van der Waals surface area contributed by atoms with Gasteiger partial charge in [0.2, 0.25) is 0 Å². The Hall–Kier alpha value is -1.82. The van der Waals surface area contributed by atoms with Crippen LogP contribution >= 0.6 is 0 Å².